The largest absolute Gasteiger partial charge is 0.342 e. The Morgan fingerprint density at radius 2 is 1.80 bits per heavy atom. The maximum atomic E-state index is 12.5. The van der Waals surface area contributed by atoms with Gasteiger partial charge in [-0.25, -0.2) is 0 Å². The van der Waals surface area contributed by atoms with E-state index >= 15 is 0 Å². The average molecular weight is 291 g/mol. The molecule has 3 heteroatoms. The summed E-state index contributed by atoms with van der Waals surface area (Å²) in [6, 6.07) is 10.6. The zero-order chi connectivity index (χ0) is 14.5. The fourth-order valence-electron chi connectivity index (χ4n) is 2.85. The summed E-state index contributed by atoms with van der Waals surface area (Å²) >= 11 is 1.65. The minimum Gasteiger partial charge on any atom is -0.342 e. The Bertz CT molecular complexity index is 426. The molecule has 0 heterocycles. The van der Waals surface area contributed by atoms with E-state index < -0.39 is 0 Å². The summed E-state index contributed by atoms with van der Waals surface area (Å²) in [5.41, 5.74) is 0. The number of nitrogens with zero attached hydrogens (tertiary/aromatic N) is 1. The fourth-order valence-corrected chi connectivity index (χ4v) is 3.84. The smallest absolute Gasteiger partial charge is 0.235 e. The number of thioether (sulfide) groups is 1. The first-order chi connectivity index (χ1) is 9.58. The van der Waals surface area contributed by atoms with Gasteiger partial charge in [0, 0.05) is 18.0 Å². The first-order valence-corrected chi connectivity index (χ1v) is 8.44. The lowest BCUT2D eigenvalue weighted by Gasteiger charge is -2.34. The number of rotatable bonds is 4. The van der Waals surface area contributed by atoms with Crippen LogP contribution in [0.4, 0.5) is 0 Å². The van der Waals surface area contributed by atoms with Gasteiger partial charge in [0.15, 0.2) is 0 Å². The average Bonchev–Trinajstić information content (AvgIpc) is 2.47. The molecule has 1 aliphatic carbocycles. The van der Waals surface area contributed by atoms with Crippen LogP contribution in [-0.2, 0) is 4.79 Å². The second kappa shape index (κ2) is 7.16. The van der Waals surface area contributed by atoms with Gasteiger partial charge in [-0.3, -0.25) is 4.79 Å². The van der Waals surface area contributed by atoms with E-state index in [0.29, 0.717) is 6.04 Å². The molecule has 0 bridgehead atoms. The molecule has 110 valence electrons. The highest BCUT2D eigenvalue weighted by Crippen LogP contribution is 2.29. The maximum absolute atomic E-state index is 12.5. The Hall–Kier alpha value is -0.960. The first kappa shape index (κ1) is 15.4. The van der Waals surface area contributed by atoms with Gasteiger partial charge in [0.05, 0.1) is 5.25 Å². The Morgan fingerprint density at radius 1 is 1.20 bits per heavy atom. The number of carbonyl (C=O) groups is 1. The van der Waals surface area contributed by atoms with E-state index in [1.807, 2.05) is 37.1 Å². The third kappa shape index (κ3) is 4.02. The van der Waals surface area contributed by atoms with Crippen LogP contribution in [0, 0.1) is 5.92 Å². The number of hydrogen-bond donors (Lipinski definition) is 0. The molecule has 1 amide bonds. The molecule has 1 fully saturated rings. The van der Waals surface area contributed by atoms with Crippen LogP contribution >= 0.6 is 11.8 Å². The van der Waals surface area contributed by atoms with Crippen LogP contribution in [0.15, 0.2) is 35.2 Å². The van der Waals surface area contributed by atoms with Crippen molar-refractivity contribution in [1.29, 1.82) is 0 Å². The summed E-state index contributed by atoms with van der Waals surface area (Å²) in [6.07, 6.45) is 4.82. The van der Waals surface area contributed by atoms with Crippen molar-refractivity contribution in [2.75, 3.05) is 7.05 Å². The molecule has 0 radical (unpaired) electrons. The van der Waals surface area contributed by atoms with Crippen LogP contribution < -0.4 is 0 Å². The molecular weight excluding hydrogens is 266 g/mol. The summed E-state index contributed by atoms with van der Waals surface area (Å²) in [7, 11) is 1.98. The van der Waals surface area contributed by atoms with Gasteiger partial charge < -0.3 is 4.90 Å². The van der Waals surface area contributed by atoms with Crippen LogP contribution in [0.5, 0.6) is 0 Å². The zero-order valence-electron chi connectivity index (χ0n) is 12.7. The van der Waals surface area contributed by atoms with Crippen LogP contribution in [0.25, 0.3) is 0 Å². The minimum absolute atomic E-state index is 0.0123. The highest BCUT2D eigenvalue weighted by Gasteiger charge is 2.27. The topological polar surface area (TPSA) is 20.3 Å². The summed E-state index contributed by atoms with van der Waals surface area (Å²) in [5.74, 6) is 1.09. The van der Waals surface area contributed by atoms with Gasteiger partial charge in [-0.2, -0.15) is 0 Å². The van der Waals surface area contributed by atoms with Crippen molar-refractivity contribution in [3.8, 4) is 0 Å². The second-order valence-corrected chi connectivity index (χ2v) is 7.35. The summed E-state index contributed by atoms with van der Waals surface area (Å²) in [6.45, 7) is 4.33. The van der Waals surface area contributed by atoms with Gasteiger partial charge in [-0.15, -0.1) is 11.8 Å². The highest BCUT2D eigenvalue weighted by atomic mass is 32.2. The Balaban J connectivity index is 1.89. The van der Waals surface area contributed by atoms with E-state index in [1.165, 1.54) is 17.7 Å². The quantitative estimate of drug-likeness (QED) is 0.775. The number of benzene rings is 1. The van der Waals surface area contributed by atoms with E-state index in [4.69, 9.17) is 0 Å². The highest BCUT2D eigenvalue weighted by molar-refractivity contribution is 8.00. The SMILES string of the molecule is CC1CCC(N(C)C(=O)C(C)Sc2ccccc2)CC1. The van der Waals surface area contributed by atoms with E-state index in [0.717, 1.165) is 18.8 Å². The molecule has 0 saturated heterocycles. The number of hydrogen-bond acceptors (Lipinski definition) is 2. The second-order valence-electron chi connectivity index (χ2n) is 5.94. The Morgan fingerprint density at radius 3 is 2.40 bits per heavy atom. The standard InChI is InChI=1S/C17H25NOS/c1-13-9-11-15(12-10-13)18(3)17(19)14(2)20-16-7-5-4-6-8-16/h4-8,13-15H,9-12H2,1-3H3. The third-order valence-corrected chi connectivity index (χ3v) is 5.38. The van der Waals surface area contributed by atoms with Crippen molar-refractivity contribution in [1.82, 2.24) is 4.90 Å². The molecule has 1 aliphatic rings. The van der Waals surface area contributed by atoms with Crippen LogP contribution in [0.2, 0.25) is 0 Å². The van der Waals surface area contributed by atoms with Crippen LogP contribution in [-0.4, -0.2) is 29.1 Å². The lowest BCUT2D eigenvalue weighted by atomic mass is 9.86. The molecule has 1 saturated carbocycles. The van der Waals surface area contributed by atoms with Gasteiger partial charge in [-0.1, -0.05) is 25.1 Å². The molecule has 0 spiro atoms. The molecule has 0 N–H and O–H groups in total. The molecule has 20 heavy (non-hydrogen) atoms. The molecule has 0 aromatic heterocycles. The van der Waals surface area contributed by atoms with Crippen molar-refractivity contribution in [2.45, 2.75) is 55.7 Å². The number of carbonyl (C=O) groups excluding carboxylic acids is 1. The predicted molar refractivity (Wildman–Crippen MR) is 86.0 cm³/mol. The lowest BCUT2D eigenvalue weighted by molar-refractivity contribution is -0.131. The summed E-state index contributed by atoms with van der Waals surface area (Å²) in [5, 5.41) is -0.0123. The van der Waals surface area contributed by atoms with Crippen molar-refractivity contribution in [3.63, 3.8) is 0 Å². The molecular formula is C17H25NOS. The Labute approximate surface area is 126 Å². The molecule has 2 rings (SSSR count). The molecule has 1 atom stereocenters. The molecule has 2 nitrogen and oxygen atoms in total. The van der Waals surface area contributed by atoms with Crippen molar-refractivity contribution in [3.05, 3.63) is 30.3 Å². The van der Waals surface area contributed by atoms with E-state index in [9.17, 15) is 4.79 Å². The molecule has 1 aromatic rings. The monoisotopic (exact) mass is 291 g/mol. The van der Waals surface area contributed by atoms with Gasteiger partial charge in [0.1, 0.15) is 0 Å². The minimum atomic E-state index is -0.0123. The number of amides is 1. The molecule has 1 unspecified atom stereocenters. The van der Waals surface area contributed by atoms with Crippen LogP contribution in [0.1, 0.15) is 39.5 Å². The maximum Gasteiger partial charge on any atom is 0.235 e. The van der Waals surface area contributed by atoms with E-state index in [2.05, 4.69) is 19.1 Å². The van der Waals surface area contributed by atoms with Gasteiger partial charge in [0.2, 0.25) is 5.91 Å². The normalized spacial score (nSPS) is 24.1. The molecule has 1 aromatic carbocycles. The van der Waals surface area contributed by atoms with Crippen molar-refractivity contribution >= 4 is 17.7 Å². The van der Waals surface area contributed by atoms with E-state index in [-0.39, 0.29) is 11.2 Å². The lowest BCUT2D eigenvalue weighted by Crippen LogP contribution is -2.42. The summed E-state index contributed by atoms with van der Waals surface area (Å²) < 4.78 is 0. The third-order valence-electron chi connectivity index (χ3n) is 4.28. The zero-order valence-corrected chi connectivity index (χ0v) is 13.5. The van der Waals surface area contributed by atoms with Crippen molar-refractivity contribution < 1.29 is 4.79 Å². The fraction of sp³-hybridized carbons (Fsp3) is 0.588. The van der Waals surface area contributed by atoms with Crippen molar-refractivity contribution in [2.24, 2.45) is 5.92 Å². The van der Waals surface area contributed by atoms with Gasteiger partial charge >= 0.3 is 0 Å². The first-order valence-electron chi connectivity index (χ1n) is 7.56. The molecule has 0 aliphatic heterocycles. The van der Waals surface area contributed by atoms with Gasteiger partial charge in [0.25, 0.3) is 0 Å². The Kier molecular flexibility index (Phi) is 5.53. The summed E-state index contributed by atoms with van der Waals surface area (Å²) in [4.78, 5) is 15.7. The predicted octanol–water partition coefficient (Wildman–Crippen LogP) is 4.20. The van der Waals surface area contributed by atoms with Gasteiger partial charge in [-0.05, 0) is 50.7 Å². The van der Waals surface area contributed by atoms with Crippen LogP contribution in [0.3, 0.4) is 0 Å². The van der Waals surface area contributed by atoms with E-state index in [1.54, 1.807) is 11.8 Å².